The molecular weight excluding hydrogens is 254 g/mol. The van der Waals surface area contributed by atoms with Crippen molar-refractivity contribution in [3.63, 3.8) is 0 Å². The minimum atomic E-state index is -0.387. The zero-order valence-electron chi connectivity index (χ0n) is 9.48. The van der Waals surface area contributed by atoms with E-state index in [1.54, 1.807) is 18.2 Å². The molecule has 6 heteroatoms. The number of amides is 1. The predicted octanol–water partition coefficient (Wildman–Crippen LogP) is 1.19. The van der Waals surface area contributed by atoms with Crippen LogP contribution < -0.4 is 11.1 Å². The van der Waals surface area contributed by atoms with E-state index < -0.39 is 0 Å². The van der Waals surface area contributed by atoms with Crippen LogP contribution in [0.15, 0.2) is 24.4 Å². The highest BCUT2D eigenvalue weighted by atomic mass is 35.5. The first-order chi connectivity index (χ1) is 8.65. The fraction of sp³-hybridized carbons (Fsp3) is 0.167. The normalized spacial score (nSPS) is 10.6. The van der Waals surface area contributed by atoms with Gasteiger partial charge >= 0.3 is 0 Å². The largest absolute Gasteiger partial charge is 0.398 e. The Balaban J connectivity index is 2.58. The third-order valence-corrected chi connectivity index (χ3v) is 2.84. The summed E-state index contributed by atoms with van der Waals surface area (Å²) < 4.78 is 0. The first kappa shape index (κ1) is 12.6. The number of aromatic nitrogens is 1. The van der Waals surface area contributed by atoms with Gasteiger partial charge in [0.25, 0.3) is 5.91 Å². The Kier molecular flexibility index (Phi) is 3.64. The second kappa shape index (κ2) is 5.20. The second-order valence-corrected chi connectivity index (χ2v) is 4.11. The topological polar surface area (TPSA) is 88.2 Å². The predicted molar refractivity (Wildman–Crippen MR) is 70.6 cm³/mol. The van der Waals surface area contributed by atoms with E-state index >= 15 is 0 Å². The van der Waals surface area contributed by atoms with Gasteiger partial charge in [0.15, 0.2) is 0 Å². The van der Waals surface area contributed by atoms with Gasteiger partial charge in [-0.1, -0.05) is 11.6 Å². The van der Waals surface area contributed by atoms with Crippen LogP contribution in [0, 0.1) is 0 Å². The van der Waals surface area contributed by atoms with Crippen molar-refractivity contribution in [2.45, 2.75) is 0 Å². The third-order valence-electron chi connectivity index (χ3n) is 2.52. The summed E-state index contributed by atoms with van der Waals surface area (Å²) in [6, 6.07) is 5.02. The molecule has 0 aliphatic carbocycles. The number of carbonyl (C=O) groups is 1. The third kappa shape index (κ3) is 2.23. The molecule has 0 aliphatic heterocycles. The van der Waals surface area contributed by atoms with E-state index in [9.17, 15) is 4.79 Å². The monoisotopic (exact) mass is 265 g/mol. The molecule has 0 fully saturated rings. The molecule has 0 unspecified atom stereocenters. The van der Waals surface area contributed by atoms with E-state index in [0.29, 0.717) is 21.5 Å². The smallest absolute Gasteiger partial charge is 0.270 e. The van der Waals surface area contributed by atoms with Crippen molar-refractivity contribution >= 4 is 34.0 Å². The number of hydrogen-bond donors (Lipinski definition) is 3. The number of pyridine rings is 1. The van der Waals surface area contributed by atoms with E-state index in [0.717, 1.165) is 0 Å². The number of nitrogens with zero attached hydrogens (tertiary/aromatic N) is 1. The number of aliphatic hydroxyl groups is 1. The van der Waals surface area contributed by atoms with Crippen molar-refractivity contribution in [1.82, 2.24) is 10.3 Å². The van der Waals surface area contributed by atoms with Crippen LogP contribution in [0.1, 0.15) is 10.5 Å². The lowest BCUT2D eigenvalue weighted by Gasteiger charge is -2.09. The molecule has 4 N–H and O–H groups in total. The minimum Gasteiger partial charge on any atom is -0.398 e. The minimum absolute atomic E-state index is 0.133. The Labute approximate surface area is 109 Å². The Morgan fingerprint density at radius 3 is 2.94 bits per heavy atom. The number of halogens is 1. The average Bonchev–Trinajstić information content (AvgIpc) is 2.39. The molecule has 0 saturated carbocycles. The summed E-state index contributed by atoms with van der Waals surface area (Å²) in [5.41, 5.74) is 6.58. The molecule has 2 aromatic rings. The Morgan fingerprint density at radius 1 is 1.44 bits per heavy atom. The summed E-state index contributed by atoms with van der Waals surface area (Å²) >= 11 is 6.09. The maximum atomic E-state index is 11.9. The second-order valence-electron chi connectivity index (χ2n) is 3.70. The van der Waals surface area contributed by atoms with Gasteiger partial charge in [0.1, 0.15) is 5.69 Å². The van der Waals surface area contributed by atoms with Gasteiger partial charge < -0.3 is 16.2 Å². The van der Waals surface area contributed by atoms with Gasteiger partial charge in [-0.15, -0.1) is 0 Å². The van der Waals surface area contributed by atoms with E-state index in [2.05, 4.69) is 10.3 Å². The van der Waals surface area contributed by atoms with Crippen molar-refractivity contribution in [2.24, 2.45) is 0 Å². The highest BCUT2D eigenvalue weighted by Gasteiger charge is 2.14. The van der Waals surface area contributed by atoms with Gasteiger partial charge in [-0.05, 0) is 18.2 Å². The van der Waals surface area contributed by atoms with Crippen molar-refractivity contribution < 1.29 is 9.90 Å². The number of aliphatic hydroxyl groups excluding tert-OH is 1. The summed E-state index contributed by atoms with van der Waals surface area (Å²) in [4.78, 5) is 15.9. The van der Waals surface area contributed by atoms with Crippen molar-refractivity contribution in [3.8, 4) is 0 Å². The maximum Gasteiger partial charge on any atom is 0.270 e. The standard InChI is InChI=1S/C12H12ClN3O2/c13-8-1-2-9(14)7-3-4-15-11(10(7)8)12(18)16-5-6-17/h1-4,17H,5-6,14H2,(H,16,18). The van der Waals surface area contributed by atoms with Crippen LogP contribution in [0.25, 0.3) is 10.8 Å². The van der Waals surface area contributed by atoms with Crippen LogP contribution in [0.2, 0.25) is 5.02 Å². The van der Waals surface area contributed by atoms with Crippen LogP contribution >= 0.6 is 11.6 Å². The maximum absolute atomic E-state index is 11.9. The molecular formula is C12H12ClN3O2. The van der Waals surface area contributed by atoms with Crippen LogP contribution in [0.5, 0.6) is 0 Å². The van der Waals surface area contributed by atoms with E-state index in [-0.39, 0.29) is 24.8 Å². The van der Waals surface area contributed by atoms with Crippen molar-refractivity contribution in [1.29, 1.82) is 0 Å². The molecule has 18 heavy (non-hydrogen) atoms. The first-order valence-corrected chi connectivity index (χ1v) is 5.74. The van der Waals surface area contributed by atoms with Crippen LogP contribution in [0.4, 0.5) is 5.69 Å². The molecule has 1 amide bonds. The molecule has 1 heterocycles. The number of nitrogens with one attached hydrogen (secondary N) is 1. The van der Waals surface area contributed by atoms with Gasteiger partial charge in [0.05, 0.1) is 11.6 Å². The number of anilines is 1. The number of rotatable bonds is 3. The Hall–Kier alpha value is -1.85. The molecule has 0 radical (unpaired) electrons. The SMILES string of the molecule is Nc1ccc(Cl)c2c(C(=O)NCCO)nccc12. The lowest BCUT2D eigenvalue weighted by Crippen LogP contribution is -2.27. The van der Waals surface area contributed by atoms with E-state index in [1.807, 2.05) is 0 Å². The number of fused-ring (bicyclic) bond motifs is 1. The summed E-state index contributed by atoms with van der Waals surface area (Å²) in [7, 11) is 0. The number of benzene rings is 1. The summed E-state index contributed by atoms with van der Waals surface area (Å²) in [6.07, 6.45) is 1.50. The van der Waals surface area contributed by atoms with Gasteiger partial charge in [-0.2, -0.15) is 0 Å². The fourth-order valence-electron chi connectivity index (χ4n) is 1.71. The number of nitrogens with two attached hydrogens (primary N) is 1. The molecule has 94 valence electrons. The van der Waals surface area contributed by atoms with Gasteiger partial charge in [-0.25, -0.2) is 0 Å². The Morgan fingerprint density at radius 2 is 2.22 bits per heavy atom. The van der Waals surface area contributed by atoms with Gasteiger partial charge in [0.2, 0.25) is 0 Å². The van der Waals surface area contributed by atoms with E-state index in [4.69, 9.17) is 22.4 Å². The van der Waals surface area contributed by atoms with Gasteiger partial charge in [0, 0.05) is 29.2 Å². The lowest BCUT2D eigenvalue weighted by molar-refractivity contribution is 0.0941. The molecule has 0 saturated heterocycles. The summed E-state index contributed by atoms with van der Waals surface area (Å²) in [6.45, 7) is 0.0310. The molecule has 0 spiro atoms. The summed E-state index contributed by atoms with van der Waals surface area (Å²) in [5, 5.41) is 12.9. The van der Waals surface area contributed by atoms with Crippen LogP contribution in [-0.2, 0) is 0 Å². The fourth-order valence-corrected chi connectivity index (χ4v) is 1.96. The summed E-state index contributed by atoms with van der Waals surface area (Å²) in [5.74, 6) is -0.387. The molecule has 1 aromatic heterocycles. The van der Waals surface area contributed by atoms with Crippen molar-refractivity contribution in [3.05, 3.63) is 35.1 Å². The number of hydrogen-bond acceptors (Lipinski definition) is 4. The van der Waals surface area contributed by atoms with E-state index in [1.165, 1.54) is 6.20 Å². The molecule has 0 atom stereocenters. The number of carbonyl (C=O) groups excluding carboxylic acids is 1. The molecule has 1 aromatic carbocycles. The average molecular weight is 266 g/mol. The molecule has 0 aliphatic rings. The first-order valence-electron chi connectivity index (χ1n) is 5.37. The lowest BCUT2D eigenvalue weighted by atomic mass is 10.1. The van der Waals surface area contributed by atoms with Gasteiger partial charge in [-0.3, -0.25) is 9.78 Å². The zero-order valence-corrected chi connectivity index (χ0v) is 10.2. The highest BCUT2D eigenvalue weighted by Crippen LogP contribution is 2.29. The molecule has 2 rings (SSSR count). The quantitative estimate of drug-likeness (QED) is 0.728. The molecule has 0 bridgehead atoms. The van der Waals surface area contributed by atoms with Crippen LogP contribution in [0.3, 0.4) is 0 Å². The van der Waals surface area contributed by atoms with Crippen molar-refractivity contribution in [2.75, 3.05) is 18.9 Å². The molecule has 5 nitrogen and oxygen atoms in total. The highest BCUT2D eigenvalue weighted by molar-refractivity contribution is 6.37. The zero-order chi connectivity index (χ0) is 13.1. The Bertz CT molecular complexity index is 601. The van der Waals surface area contributed by atoms with Crippen LogP contribution in [-0.4, -0.2) is 29.1 Å². The number of nitrogen functional groups attached to an aromatic ring is 1.